The van der Waals surface area contributed by atoms with Crippen molar-refractivity contribution in [2.45, 2.75) is 58.8 Å². The molecule has 0 amide bonds. The van der Waals surface area contributed by atoms with E-state index in [1.54, 1.807) is 0 Å². The summed E-state index contributed by atoms with van der Waals surface area (Å²) < 4.78 is 0. The predicted octanol–water partition coefficient (Wildman–Crippen LogP) is 3.18. The van der Waals surface area contributed by atoms with Crippen molar-refractivity contribution in [3.8, 4) is 0 Å². The third-order valence-electron chi connectivity index (χ3n) is 4.10. The molecular weight excluding hydrogens is 208 g/mol. The zero-order valence-electron chi connectivity index (χ0n) is 11.9. The second-order valence-corrected chi connectivity index (χ2v) is 5.62. The van der Waals surface area contributed by atoms with Crippen molar-refractivity contribution in [3.05, 3.63) is 0 Å². The molecule has 2 N–H and O–H groups in total. The predicted molar refractivity (Wildman–Crippen MR) is 76.4 cm³/mol. The van der Waals surface area contributed by atoms with Crippen LogP contribution in [0.5, 0.6) is 0 Å². The average Bonchev–Trinajstić information content (AvgIpc) is 2.39. The Labute approximate surface area is 108 Å². The Morgan fingerprint density at radius 2 is 2.24 bits per heavy atom. The van der Waals surface area contributed by atoms with Crippen LogP contribution in [0.1, 0.15) is 58.8 Å². The van der Waals surface area contributed by atoms with Crippen LogP contribution in [0.3, 0.4) is 0 Å². The van der Waals surface area contributed by atoms with Gasteiger partial charge in [0.1, 0.15) is 0 Å². The first kappa shape index (κ1) is 15.0. The van der Waals surface area contributed by atoms with E-state index in [4.69, 9.17) is 0 Å². The maximum Gasteiger partial charge on any atom is -0.00200 e. The van der Waals surface area contributed by atoms with Crippen molar-refractivity contribution in [1.82, 2.24) is 10.6 Å². The number of hydrogen-bond donors (Lipinski definition) is 2. The fourth-order valence-corrected chi connectivity index (χ4v) is 2.73. The fourth-order valence-electron chi connectivity index (χ4n) is 2.73. The first-order chi connectivity index (χ1) is 8.36. The lowest BCUT2D eigenvalue weighted by Crippen LogP contribution is -2.32. The highest BCUT2D eigenvalue weighted by molar-refractivity contribution is 4.70. The van der Waals surface area contributed by atoms with Gasteiger partial charge < -0.3 is 10.6 Å². The topological polar surface area (TPSA) is 24.1 Å². The van der Waals surface area contributed by atoms with Gasteiger partial charge in [-0.15, -0.1) is 0 Å². The van der Waals surface area contributed by atoms with Crippen molar-refractivity contribution in [1.29, 1.82) is 0 Å². The van der Waals surface area contributed by atoms with E-state index >= 15 is 0 Å². The molecule has 0 aliphatic carbocycles. The zero-order chi connectivity index (χ0) is 12.3. The van der Waals surface area contributed by atoms with Gasteiger partial charge in [0.25, 0.3) is 0 Å². The Hall–Kier alpha value is -0.0800. The van der Waals surface area contributed by atoms with Crippen LogP contribution in [0.4, 0.5) is 0 Å². The third-order valence-corrected chi connectivity index (χ3v) is 4.10. The second kappa shape index (κ2) is 9.90. The lowest BCUT2D eigenvalue weighted by molar-refractivity contribution is 0.342. The molecule has 0 aromatic carbocycles. The van der Waals surface area contributed by atoms with Crippen molar-refractivity contribution in [2.75, 3.05) is 26.2 Å². The summed E-state index contributed by atoms with van der Waals surface area (Å²) >= 11 is 0. The molecular formula is C15H32N2. The first-order valence-corrected chi connectivity index (χ1v) is 7.78. The SMILES string of the molecule is CCCCC(CC)CNCCC1CCCNC1. The van der Waals surface area contributed by atoms with Crippen LogP contribution in [-0.2, 0) is 0 Å². The summed E-state index contributed by atoms with van der Waals surface area (Å²) in [7, 11) is 0. The smallest absolute Gasteiger partial charge is 0.00200 e. The van der Waals surface area contributed by atoms with Crippen LogP contribution in [-0.4, -0.2) is 26.2 Å². The Bertz CT molecular complexity index is 164. The van der Waals surface area contributed by atoms with E-state index in [0.29, 0.717) is 0 Å². The number of nitrogens with one attached hydrogen (secondary N) is 2. The molecule has 2 atom stereocenters. The average molecular weight is 240 g/mol. The lowest BCUT2D eigenvalue weighted by Gasteiger charge is -2.23. The van der Waals surface area contributed by atoms with Gasteiger partial charge in [-0.05, 0) is 63.7 Å². The number of rotatable bonds is 9. The molecule has 1 heterocycles. The summed E-state index contributed by atoms with van der Waals surface area (Å²) in [4.78, 5) is 0. The molecule has 1 aliphatic heterocycles. The van der Waals surface area contributed by atoms with E-state index in [9.17, 15) is 0 Å². The second-order valence-electron chi connectivity index (χ2n) is 5.62. The van der Waals surface area contributed by atoms with Crippen molar-refractivity contribution >= 4 is 0 Å². The molecule has 0 bridgehead atoms. The van der Waals surface area contributed by atoms with Gasteiger partial charge in [0.05, 0.1) is 0 Å². The van der Waals surface area contributed by atoms with Crippen molar-refractivity contribution in [3.63, 3.8) is 0 Å². The molecule has 1 fully saturated rings. The highest BCUT2D eigenvalue weighted by Crippen LogP contribution is 2.14. The van der Waals surface area contributed by atoms with E-state index < -0.39 is 0 Å². The van der Waals surface area contributed by atoms with Gasteiger partial charge in [0.15, 0.2) is 0 Å². The molecule has 0 radical (unpaired) electrons. The van der Waals surface area contributed by atoms with Crippen LogP contribution in [0.25, 0.3) is 0 Å². The molecule has 0 saturated carbocycles. The summed E-state index contributed by atoms with van der Waals surface area (Å²) in [6.45, 7) is 9.54. The van der Waals surface area contributed by atoms with E-state index in [0.717, 1.165) is 11.8 Å². The van der Waals surface area contributed by atoms with Gasteiger partial charge in [-0.2, -0.15) is 0 Å². The van der Waals surface area contributed by atoms with Gasteiger partial charge in [-0.25, -0.2) is 0 Å². The maximum atomic E-state index is 3.66. The van der Waals surface area contributed by atoms with Crippen LogP contribution >= 0.6 is 0 Å². The molecule has 1 aliphatic rings. The zero-order valence-corrected chi connectivity index (χ0v) is 11.9. The number of piperidine rings is 1. The maximum absolute atomic E-state index is 3.66. The van der Waals surface area contributed by atoms with Crippen LogP contribution in [0, 0.1) is 11.8 Å². The summed E-state index contributed by atoms with van der Waals surface area (Å²) in [6, 6.07) is 0. The molecule has 102 valence electrons. The first-order valence-electron chi connectivity index (χ1n) is 7.78. The normalized spacial score (nSPS) is 22.6. The summed E-state index contributed by atoms with van der Waals surface area (Å²) in [6.07, 6.45) is 9.64. The minimum Gasteiger partial charge on any atom is -0.316 e. The summed E-state index contributed by atoms with van der Waals surface area (Å²) in [5, 5.41) is 7.16. The van der Waals surface area contributed by atoms with Crippen molar-refractivity contribution < 1.29 is 0 Å². The van der Waals surface area contributed by atoms with Gasteiger partial charge in [-0.1, -0.05) is 33.1 Å². The minimum atomic E-state index is 0.902. The van der Waals surface area contributed by atoms with E-state index in [-0.39, 0.29) is 0 Å². The van der Waals surface area contributed by atoms with Gasteiger partial charge >= 0.3 is 0 Å². The molecule has 0 spiro atoms. The van der Waals surface area contributed by atoms with Crippen LogP contribution in [0.2, 0.25) is 0 Å². The minimum absolute atomic E-state index is 0.902. The van der Waals surface area contributed by atoms with Gasteiger partial charge in [0.2, 0.25) is 0 Å². The standard InChI is InChI=1S/C15H32N2/c1-3-5-7-14(4-2)12-17-11-9-15-8-6-10-16-13-15/h14-17H,3-13H2,1-2H3. The Kier molecular flexibility index (Phi) is 8.72. The molecule has 2 heteroatoms. The van der Waals surface area contributed by atoms with E-state index in [1.165, 1.54) is 71.1 Å². The molecule has 1 rings (SSSR count). The molecule has 2 nitrogen and oxygen atoms in total. The summed E-state index contributed by atoms with van der Waals surface area (Å²) in [5.74, 6) is 1.83. The van der Waals surface area contributed by atoms with Crippen LogP contribution < -0.4 is 10.6 Å². The van der Waals surface area contributed by atoms with Crippen LogP contribution in [0.15, 0.2) is 0 Å². The largest absolute Gasteiger partial charge is 0.316 e. The fraction of sp³-hybridized carbons (Fsp3) is 1.00. The molecule has 2 unspecified atom stereocenters. The Morgan fingerprint density at radius 1 is 1.35 bits per heavy atom. The Morgan fingerprint density at radius 3 is 2.88 bits per heavy atom. The highest BCUT2D eigenvalue weighted by Gasteiger charge is 2.12. The monoisotopic (exact) mass is 240 g/mol. The highest BCUT2D eigenvalue weighted by atomic mass is 14.9. The van der Waals surface area contributed by atoms with E-state index in [2.05, 4.69) is 24.5 Å². The van der Waals surface area contributed by atoms with Crippen molar-refractivity contribution in [2.24, 2.45) is 11.8 Å². The number of hydrogen-bond acceptors (Lipinski definition) is 2. The Balaban J connectivity index is 1.97. The van der Waals surface area contributed by atoms with E-state index in [1.807, 2.05) is 0 Å². The molecule has 0 aromatic heterocycles. The lowest BCUT2D eigenvalue weighted by atomic mass is 9.96. The van der Waals surface area contributed by atoms with Gasteiger partial charge in [-0.3, -0.25) is 0 Å². The molecule has 0 aromatic rings. The third kappa shape index (κ3) is 7.05. The molecule has 17 heavy (non-hydrogen) atoms. The van der Waals surface area contributed by atoms with Gasteiger partial charge in [0, 0.05) is 0 Å². The summed E-state index contributed by atoms with van der Waals surface area (Å²) in [5.41, 5.74) is 0. The quantitative estimate of drug-likeness (QED) is 0.605. The number of unbranched alkanes of at least 4 members (excludes halogenated alkanes) is 1. The molecule has 1 saturated heterocycles.